The first kappa shape index (κ1) is 10.3. The Labute approximate surface area is 78.0 Å². The normalized spacial score (nSPS) is 22.9. The van der Waals surface area contributed by atoms with Gasteiger partial charge in [0, 0.05) is 32.8 Å². The van der Waals surface area contributed by atoms with Gasteiger partial charge in [-0.25, -0.2) is 4.79 Å². The summed E-state index contributed by atoms with van der Waals surface area (Å²) in [6.07, 6.45) is -0.261. The van der Waals surface area contributed by atoms with E-state index in [0.717, 1.165) is 6.54 Å². The number of hydrogen-bond acceptors (Lipinski definition) is 4. The minimum Gasteiger partial charge on any atom is -0.453 e. The average molecular weight is 188 g/mol. The Morgan fingerprint density at radius 1 is 1.62 bits per heavy atom. The third-order valence-electron chi connectivity index (χ3n) is 2.06. The Balaban J connectivity index is 2.37. The van der Waals surface area contributed by atoms with E-state index < -0.39 is 0 Å². The zero-order valence-corrected chi connectivity index (χ0v) is 8.08. The van der Waals surface area contributed by atoms with Crippen LogP contribution in [0.25, 0.3) is 0 Å². The van der Waals surface area contributed by atoms with E-state index in [9.17, 15) is 4.79 Å². The summed E-state index contributed by atoms with van der Waals surface area (Å²) in [7, 11) is 3.05. The summed E-state index contributed by atoms with van der Waals surface area (Å²) in [6, 6.07) is 0.220. The maximum absolute atomic E-state index is 11.2. The van der Waals surface area contributed by atoms with Crippen molar-refractivity contribution in [3.05, 3.63) is 0 Å². The van der Waals surface area contributed by atoms with E-state index in [0.29, 0.717) is 19.7 Å². The minimum absolute atomic E-state index is 0.220. The van der Waals surface area contributed by atoms with Gasteiger partial charge in [0.1, 0.15) is 0 Å². The number of carbonyl (C=O) groups is 1. The average Bonchev–Trinajstić information content (AvgIpc) is 2.18. The molecule has 76 valence electrons. The predicted molar refractivity (Wildman–Crippen MR) is 47.6 cm³/mol. The molecule has 1 rings (SSSR count). The molecule has 1 atom stereocenters. The highest BCUT2D eigenvalue weighted by Gasteiger charge is 2.23. The van der Waals surface area contributed by atoms with E-state index in [1.807, 2.05) is 0 Å². The molecule has 0 bridgehead atoms. The Kier molecular flexibility index (Phi) is 3.98. The summed E-state index contributed by atoms with van der Waals surface area (Å²) in [5.41, 5.74) is 0. The first-order valence-corrected chi connectivity index (χ1v) is 4.33. The van der Waals surface area contributed by atoms with Crippen LogP contribution in [0.3, 0.4) is 0 Å². The van der Waals surface area contributed by atoms with Crippen molar-refractivity contribution in [2.75, 3.05) is 40.5 Å². The molecule has 0 aromatic carbocycles. The van der Waals surface area contributed by atoms with Gasteiger partial charge < -0.3 is 19.7 Å². The molecule has 1 unspecified atom stereocenters. The van der Waals surface area contributed by atoms with Crippen LogP contribution in [-0.4, -0.2) is 57.5 Å². The molecule has 0 radical (unpaired) electrons. The van der Waals surface area contributed by atoms with Crippen LogP contribution in [0.15, 0.2) is 0 Å². The summed E-state index contributed by atoms with van der Waals surface area (Å²) in [6.45, 7) is 2.77. The number of piperazine rings is 1. The predicted octanol–water partition coefficient (Wildman–Crippen LogP) is -0.327. The van der Waals surface area contributed by atoms with Gasteiger partial charge in [-0.05, 0) is 0 Å². The molecule has 1 N–H and O–H groups in total. The second-order valence-electron chi connectivity index (χ2n) is 3.02. The van der Waals surface area contributed by atoms with Crippen molar-refractivity contribution >= 4 is 6.09 Å². The molecule has 13 heavy (non-hydrogen) atoms. The van der Waals surface area contributed by atoms with Gasteiger partial charge in [-0.15, -0.1) is 0 Å². The van der Waals surface area contributed by atoms with Crippen molar-refractivity contribution in [1.82, 2.24) is 10.2 Å². The van der Waals surface area contributed by atoms with Crippen LogP contribution < -0.4 is 5.32 Å². The first-order valence-electron chi connectivity index (χ1n) is 4.33. The van der Waals surface area contributed by atoms with Crippen LogP contribution in [0.2, 0.25) is 0 Å². The molecular weight excluding hydrogens is 172 g/mol. The van der Waals surface area contributed by atoms with E-state index in [1.165, 1.54) is 7.11 Å². The van der Waals surface area contributed by atoms with Crippen molar-refractivity contribution in [1.29, 1.82) is 0 Å². The molecule has 1 aliphatic rings. The minimum atomic E-state index is -0.261. The van der Waals surface area contributed by atoms with E-state index in [-0.39, 0.29) is 12.1 Å². The maximum Gasteiger partial charge on any atom is 0.409 e. The van der Waals surface area contributed by atoms with Crippen molar-refractivity contribution < 1.29 is 14.3 Å². The lowest BCUT2D eigenvalue weighted by Crippen LogP contribution is -2.54. The van der Waals surface area contributed by atoms with Gasteiger partial charge in [-0.3, -0.25) is 0 Å². The maximum atomic E-state index is 11.2. The standard InChI is InChI=1S/C8H16N2O3/c1-12-6-7-5-10(4-3-9-7)8(11)13-2/h7,9H,3-6H2,1-2H3. The molecule has 0 aliphatic carbocycles. The number of carbonyl (C=O) groups excluding carboxylic acids is 1. The lowest BCUT2D eigenvalue weighted by molar-refractivity contribution is 0.0892. The summed E-state index contributed by atoms with van der Waals surface area (Å²) in [4.78, 5) is 12.8. The van der Waals surface area contributed by atoms with Crippen LogP contribution in [0.4, 0.5) is 4.79 Å². The van der Waals surface area contributed by atoms with Crippen LogP contribution in [0, 0.1) is 0 Å². The van der Waals surface area contributed by atoms with Gasteiger partial charge >= 0.3 is 6.09 Å². The molecule has 0 saturated carbocycles. The summed E-state index contributed by atoms with van der Waals surface area (Å²) in [5, 5.41) is 3.25. The van der Waals surface area contributed by atoms with Gasteiger partial charge in [0.25, 0.3) is 0 Å². The molecule has 1 heterocycles. The summed E-state index contributed by atoms with van der Waals surface area (Å²) >= 11 is 0. The number of rotatable bonds is 2. The Hall–Kier alpha value is -0.810. The smallest absolute Gasteiger partial charge is 0.409 e. The van der Waals surface area contributed by atoms with Gasteiger partial charge in [-0.2, -0.15) is 0 Å². The first-order chi connectivity index (χ1) is 6.27. The van der Waals surface area contributed by atoms with Crippen molar-refractivity contribution in [2.45, 2.75) is 6.04 Å². The fourth-order valence-electron chi connectivity index (χ4n) is 1.43. The molecule has 1 fully saturated rings. The zero-order valence-electron chi connectivity index (χ0n) is 8.08. The monoisotopic (exact) mass is 188 g/mol. The van der Waals surface area contributed by atoms with Crippen molar-refractivity contribution in [3.8, 4) is 0 Å². The van der Waals surface area contributed by atoms with Crippen molar-refractivity contribution in [3.63, 3.8) is 0 Å². The quantitative estimate of drug-likeness (QED) is 0.645. The third-order valence-corrected chi connectivity index (χ3v) is 2.06. The fraction of sp³-hybridized carbons (Fsp3) is 0.875. The molecule has 0 spiro atoms. The Bertz CT molecular complexity index is 173. The molecule has 0 aromatic rings. The number of ether oxygens (including phenoxy) is 2. The Morgan fingerprint density at radius 2 is 2.38 bits per heavy atom. The van der Waals surface area contributed by atoms with Gasteiger partial charge in [0.15, 0.2) is 0 Å². The highest BCUT2D eigenvalue weighted by molar-refractivity contribution is 5.67. The van der Waals surface area contributed by atoms with E-state index in [1.54, 1.807) is 12.0 Å². The topological polar surface area (TPSA) is 50.8 Å². The second-order valence-corrected chi connectivity index (χ2v) is 3.02. The molecule has 1 aliphatic heterocycles. The van der Waals surface area contributed by atoms with E-state index >= 15 is 0 Å². The number of methoxy groups -OCH3 is 2. The highest BCUT2D eigenvalue weighted by atomic mass is 16.5. The molecule has 1 saturated heterocycles. The second kappa shape index (κ2) is 5.04. The number of nitrogens with one attached hydrogen (secondary N) is 1. The molecule has 1 amide bonds. The van der Waals surface area contributed by atoms with E-state index in [4.69, 9.17) is 4.74 Å². The van der Waals surface area contributed by atoms with Crippen LogP contribution in [0.5, 0.6) is 0 Å². The Morgan fingerprint density at radius 3 is 3.00 bits per heavy atom. The third kappa shape index (κ3) is 2.86. The van der Waals surface area contributed by atoms with Crippen LogP contribution in [-0.2, 0) is 9.47 Å². The number of nitrogens with zero attached hydrogens (tertiary/aromatic N) is 1. The van der Waals surface area contributed by atoms with Gasteiger partial charge in [-0.1, -0.05) is 0 Å². The van der Waals surface area contributed by atoms with Crippen LogP contribution in [0.1, 0.15) is 0 Å². The summed E-state index contributed by atoms with van der Waals surface area (Å²) in [5.74, 6) is 0. The fourth-order valence-corrected chi connectivity index (χ4v) is 1.43. The lowest BCUT2D eigenvalue weighted by atomic mass is 10.2. The van der Waals surface area contributed by atoms with E-state index in [2.05, 4.69) is 10.1 Å². The zero-order chi connectivity index (χ0) is 9.68. The van der Waals surface area contributed by atoms with Gasteiger partial charge in [0.05, 0.1) is 13.7 Å². The summed E-state index contributed by atoms with van der Waals surface area (Å²) < 4.78 is 9.64. The number of amides is 1. The molecular formula is C8H16N2O3. The molecule has 0 aromatic heterocycles. The largest absolute Gasteiger partial charge is 0.453 e. The van der Waals surface area contributed by atoms with Crippen molar-refractivity contribution in [2.24, 2.45) is 0 Å². The molecule has 5 nitrogen and oxygen atoms in total. The van der Waals surface area contributed by atoms with Gasteiger partial charge in [0.2, 0.25) is 0 Å². The van der Waals surface area contributed by atoms with Crippen LogP contribution >= 0.6 is 0 Å². The molecule has 5 heteroatoms. The lowest BCUT2D eigenvalue weighted by Gasteiger charge is -2.32. The SMILES string of the molecule is COCC1CN(C(=O)OC)CCN1. The number of hydrogen-bond donors (Lipinski definition) is 1. The highest BCUT2D eigenvalue weighted by Crippen LogP contribution is 2.01.